The smallest absolute Gasteiger partial charge is 0.259 e. The van der Waals surface area contributed by atoms with Crippen LogP contribution in [0.1, 0.15) is 11.1 Å². The zero-order chi connectivity index (χ0) is 15.7. The molecule has 0 radical (unpaired) electrons. The number of rotatable bonds is 4. The molecule has 0 saturated carbocycles. The number of amidine groups is 1. The van der Waals surface area contributed by atoms with Gasteiger partial charge in [-0.05, 0) is 5.56 Å². The second kappa shape index (κ2) is 5.50. The lowest BCUT2D eigenvalue weighted by Crippen LogP contribution is -2.24. The van der Waals surface area contributed by atoms with Crippen LogP contribution >= 0.6 is 0 Å². The van der Waals surface area contributed by atoms with Gasteiger partial charge in [0.25, 0.3) is 10.0 Å². The van der Waals surface area contributed by atoms with Crippen LogP contribution in [-0.4, -0.2) is 43.0 Å². The van der Waals surface area contributed by atoms with Crippen LogP contribution in [0.15, 0.2) is 28.8 Å². The summed E-state index contributed by atoms with van der Waals surface area (Å²) in [4.78, 5) is 0. The monoisotopic (exact) mass is 321 g/mol. The Hall–Kier alpha value is -2.26. The molecule has 2 N–H and O–H groups in total. The third kappa shape index (κ3) is 2.72. The Bertz CT molecular complexity index is 841. The zero-order valence-corrected chi connectivity index (χ0v) is 12.7. The Labute approximate surface area is 127 Å². The first-order valence-electron chi connectivity index (χ1n) is 6.60. The number of nitrogens with two attached hydrogens (primary N) is 1. The molecule has 0 unspecified atom stereocenters. The first-order valence-corrected chi connectivity index (χ1v) is 8.21. The first kappa shape index (κ1) is 14.7. The fourth-order valence-corrected chi connectivity index (χ4v) is 3.47. The van der Waals surface area contributed by atoms with Gasteiger partial charge in [0, 0.05) is 18.2 Å². The predicted molar refractivity (Wildman–Crippen MR) is 80.7 cm³/mol. The zero-order valence-electron chi connectivity index (χ0n) is 11.9. The van der Waals surface area contributed by atoms with E-state index in [1.54, 1.807) is 30.1 Å². The lowest BCUT2D eigenvalue weighted by Gasteiger charge is -2.16. The van der Waals surface area contributed by atoms with E-state index in [1.807, 2.05) is 6.07 Å². The van der Waals surface area contributed by atoms with Gasteiger partial charge in [0.05, 0.1) is 25.1 Å². The minimum atomic E-state index is -3.55. The van der Waals surface area contributed by atoms with Gasteiger partial charge in [-0.25, -0.2) is 13.1 Å². The van der Waals surface area contributed by atoms with Crippen LogP contribution in [0.5, 0.6) is 0 Å². The van der Waals surface area contributed by atoms with Crippen molar-refractivity contribution >= 4 is 15.9 Å². The van der Waals surface area contributed by atoms with Crippen LogP contribution in [0.25, 0.3) is 11.3 Å². The van der Waals surface area contributed by atoms with E-state index in [0.29, 0.717) is 30.0 Å². The summed E-state index contributed by atoms with van der Waals surface area (Å²) in [6, 6.07) is 5.33. The maximum atomic E-state index is 11.7. The summed E-state index contributed by atoms with van der Waals surface area (Å²) in [7, 11) is -1.93. The van der Waals surface area contributed by atoms with Crippen LogP contribution < -0.4 is 5.73 Å². The maximum absolute atomic E-state index is 11.7. The topological polar surface area (TPSA) is 112 Å². The maximum Gasteiger partial charge on any atom is 0.259 e. The molecule has 9 heteroatoms. The molecule has 2 heterocycles. The number of benzene rings is 1. The molecular formula is C13H15N5O3S. The fraction of sp³-hybridized carbons (Fsp3) is 0.308. The van der Waals surface area contributed by atoms with E-state index in [4.69, 9.17) is 10.5 Å². The van der Waals surface area contributed by atoms with Crippen molar-refractivity contribution in [2.24, 2.45) is 10.1 Å². The molecule has 116 valence electrons. The summed E-state index contributed by atoms with van der Waals surface area (Å²) >= 11 is 0. The molecule has 1 aliphatic heterocycles. The van der Waals surface area contributed by atoms with Gasteiger partial charge in [-0.15, -0.1) is 9.50 Å². The highest BCUT2D eigenvalue weighted by atomic mass is 32.2. The van der Waals surface area contributed by atoms with Gasteiger partial charge in [0.2, 0.25) is 0 Å². The quantitative estimate of drug-likeness (QED) is 0.857. The number of sulfonamides is 1. The van der Waals surface area contributed by atoms with Crippen molar-refractivity contribution in [3.63, 3.8) is 0 Å². The molecule has 1 aromatic carbocycles. The molecule has 0 spiro atoms. The van der Waals surface area contributed by atoms with Gasteiger partial charge >= 0.3 is 0 Å². The Kier molecular flexibility index (Phi) is 3.67. The number of methoxy groups -OCH3 is 1. The van der Waals surface area contributed by atoms with Crippen molar-refractivity contribution in [3.8, 4) is 11.3 Å². The standard InChI is InChI=1S/C13H15N5O3S/c1-21-6-5-18-7-11(15-17-18)10-4-2-3-9-8-22(19,20)16-13(14)12(9)10/h2-4,7H,5-6,8H2,1H3,(H2,14,16). The number of nitrogens with zero attached hydrogens (tertiary/aromatic N) is 4. The molecule has 3 rings (SSSR count). The van der Waals surface area contributed by atoms with E-state index < -0.39 is 10.0 Å². The predicted octanol–water partition coefficient (Wildman–Crippen LogP) is 0.140. The Morgan fingerprint density at radius 2 is 2.23 bits per heavy atom. The van der Waals surface area contributed by atoms with Gasteiger partial charge in [0.15, 0.2) is 0 Å². The van der Waals surface area contributed by atoms with Crippen molar-refractivity contribution in [2.45, 2.75) is 12.3 Å². The number of hydrogen-bond donors (Lipinski definition) is 1. The first-order chi connectivity index (χ1) is 10.5. The van der Waals surface area contributed by atoms with Gasteiger partial charge in [-0.2, -0.15) is 0 Å². The minimum absolute atomic E-state index is 0.0108. The van der Waals surface area contributed by atoms with E-state index in [1.165, 1.54) is 0 Å². The summed E-state index contributed by atoms with van der Waals surface area (Å²) in [6.45, 7) is 1.11. The molecule has 1 aliphatic rings. The molecule has 0 atom stereocenters. The second-order valence-electron chi connectivity index (χ2n) is 4.90. The van der Waals surface area contributed by atoms with Gasteiger partial charge < -0.3 is 10.5 Å². The normalized spacial score (nSPS) is 16.1. The molecule has 0 fully saturated rings. The molecule has 0 amide bonds. The highest BCUT2D eigenvalue weighted by Gasteiger charge is 2.25. The number of fused-ring (bicyclic) bond motifs is 1. The van der Waals surface area contributed by atoms with E-state index in [0.717, 1.165) is 5.56 Å². The average molecular weight is 321 g/mol. The summed E-state index contributed by atoms with van der Waals surface area (Å²) < 4.78 is 33.6. The Morgan fingerprint density at radius 1 is 1.41 bits per heavy atom. The molecule has 2 aromatic rings. The summed E-state index contributed by atoms with van der Waals surface area (Å²) in [5, 5.41) is 8.14. The van der Waals surface area contributed by atoms with E-state index in [-0.39, 0.29) is 11.6 Å². The van der Waals surface area contributed by atoms with Gasteiger partial charge in [-0.1, -0.05) is 23.4 Å². The van der Waals surface area contributed by atoms with E-state index in [2.05, 4.69) is 14.7 Å². The lowest BCUT2D eigenvalue weighted by atomic mass is 9.99. The van der Waals surface area contributed by atoms with Crippen molar-refractivity contribution in [1.82, 2.24) is 15.0 Å². The minimum Gasteiger partial charge on any atom is -0.383 e. The molecule has 22 heavy (non-hydrogen) atoms. The molecule has 0 bridgehead atoms. The summed E-state index contributed by atoms with van der Waals surface area (Å²) in [6.07, 6.45) is 1.77. The average Bonchev–Trinajstić information content (AvgIpc) is 2.91. The number of ether oxygens (including phenoxy) is 1. The van der Waals surface area contributed by atoms with Crippen LogP contribution in [0, 0.1) is 0 Å². The number of hydrogen-bond acceptors (Lipinski definition) is 6. The van der Waals surface area contributed by atoms with Crippen molar-refractivity contribution in [1.29, 1.82) is 0 Å². The Balaban J connectivity index is 2.05. The van der Waals surface area contributed by atoms with Crippen LogP contribution in [-0.2, 0) is 27.1 Å². The highest BCUT2D eigenvalue weighted by molar-refractivity contribution is 7.89. The van der Waals surface area contributed by atoms with Crippen molar-refractivity contribution in [2.75, 3.05) is 13.7 Å². The van der Waals surface area contributed by atoms with Gasteiger partial charge in [-0.3, -0.25) is 0 Å². The van der Waals surface area contributed by atoms with Crippen LogP contribution in [0.2, 0.25) is 0 Å². The third-order valence-electron chi connectivity index (χ3n) is 3.32. The lowest BCUT2D eigenvalue weighted by molar-refractivity contribution is 0.183. The van der Waals surface area contributed by atoms with Gasteiger partial charge in [0.1, 0.15) is 11.5 Å². The molecule has 0 aliphatic carbocycles. The Morgan fingerprint density at radius 3 is 3.00 bits per heavy atom. The van der Waals surface area contributed by atoms with Crippen LogP contribution in [0.3, 0.4) is 0 Å². The molecular weight excluding hydrogens is 306 g/mol. The summed E-state index contributed by atoms with van der Waals surface area (Å²) in [5.41, 5.74) is 8.41. The largest absolute Gasteiger partial charge is 0.383 e. The highest BCUT2D eigenvalue weighted by Crippen LogP contribution is 2.28. The van der Waals surface area contributed by atoms with Crippen molar-refractivity contribution < 1.29 is 13.2 Å². The van der Waals surface area contributed by atoms with E-state index in [9.17, 15) is 8.42 Å². The third-order valence-corrected chi connectivity index (χ3v) is 4.47. The van der Waals surface area contributed by atoms with E-state index >= 15 is 0 Å². The van der Waals surface area contributed by atoms with Crippen LogP contribution in [0.4, 0.5) is 0 Å². The molecule has 0 saturated heterocycles. The summed E-state index contributed by atoms with van der Waals surface area (Å²) in [5.74, 6) is -0.169. The fourth-order valence-electron chi connectivity index (χ4n) is 2.38. The SMILES string of the molecule is COCCn1cc(-c2cccc3c2C(N)=NS(=O)(=O)C3)nn1. The number of aromatic nitrogens is 3. The van der Waals surface area contributed by atoms with Crippen molar-refractivity contribution in [3.05, 3.63) is 35.5 Å². The second-order valence-corrected chi connectivity index (χ2v) is 6.54. The molecule has 1 aromatic heterocycles. The molecule has 8 nitrogen and oxygen atoms in total.